The van der Waals surface area contributed by atoms with Crippen LogP contribution in [-0.2, 0) is 6.54 Å². The summed E-state index contributed by atoms with van der Waals surface area (Å²) >= 11 is 0. The minimum absolute atomic E-state index is 0.222. The molecule has 0 radical (unpaired) electrons. The van der Waals surface area contributed by atoms with E-state index in [-0.39, 0.29) is 11.3 Å². The molecule has 0 heterocycles. The van der Waals surface area contributed by atoms with Gasteiger partial charge in [0.05, 0.1) is 5.91 Å². The van der Waals surface area contributed by atoms with Crippen molar-refractivity contribution in [2.24, 2.45) is 5.41 Å². The zero-order chi connectivity index (χ0) is 20.7. The van der Waals surface area contributed by atoms with Gasteiger partial charge in [-0.1, -0.05) is 112 Å². The Bertz CT molecular complexity index is 805. The number of nitrogens with one attached hydrogen (secondary N) is 1. The normalized spacial score (nSPS) is 13.0. The lowest BCUT2D eigenvalue weighted by Gasteiger charge is -2.38. The minimum atomic E-state index is -0.588. The average molecular weight is 405 g/mol. The molecule has 0 aliphatic heterocycles. The van der Waals surface area contributed by atoms with Crippen LogP contribution in [0.3, 0.4) is 0 Å². The van der Waals surface area contributed by atoms with Gasteiger partial charge in [0, 0.05) is 13.1 Å². The summed E-state index contributed by atoms with van der Waals surface area (Å²) in [6.07, 6.45) is 0. The summed E-state index contributed by atoms with van der Waals surface area (Å²) in [6.45, 7) is 8.76. The number of benzene rings is 3. The predicted molar refractivity (Wildman–Crippen MR) is 128 cm³/mol. The molecule has 0 saturated carbocycles. The molecule has 0 aliphatic carbocycles. The summed E-state index contributed by atoms with van der Waals surface area (Å²) in [5, 5.41) is 6.74. The van der Waals surface area contributed by atoms with Gasteiger partial charge in [-0.2, -0.15) is 0 Å². The first-order chi connectivity index (χ1) is 13.9. The van der Waals surface area contributed by atoms with Crippen LogP contribution in [0.5, 0.6) is 0 Å². The summed E-state index contributed by atoms with van der Waals surface area (Å²) in [5.74, 6) is 0.245. The second kappa shape index (κ2) is 10.2. The van der Waals surface area contributed by atoms with Crippen molar-refractivity contribution in [3.63, 3.8) is 0 Å². The van der Waals surface area contributed by atoms with Gasteiger partial charge < -0.3 is 0 Å². The number of hydrogen-bond acceptors (Lipinski definition) is 2. The number of hydrogen-bond donors (Lipinski definition) is 1. The molecular weight excluding hydrogens is 371 g/mol. The zero-order valence-corrected chi connectivity index (χ0v) is 18.9. The van der Waals surface area contributed by atoms with E-state index in [1.807, 2.05) is 0 Å². The maximum Gasteiger partial charge on any atom is 0.0884 e. The van der Waals surface area contributed by atoms with Crippen molar-refractivity contribution in [2.75, 3.05) is 13.6 Å². The molecule has 152 valence electrons. The highest BCUT2D eigenvalue weighted by molar-refractivity contribution is 7.73. The fourth-order valence-corrected chi connectivity index (χ4v) is 6.01. The third kappa shape index (κ3) is 6.51. The van der Waals surface area contributed by atoms with Crippen molar-refractivity contribution >= 4 is 18.5 Å². The van der Waals surface area contributed by atoms with Gasteiger partial charge >= 0.3 is 0 Å². The lowest BCUT2D eigenvalue weighted by molar-refractivity contribution is 0.242. The summed E-state index contributed by atoms with van der Waals surface area (Å²) in [7, 11) is 1.66. The van der Waals surface area contributed by atoms with E-state index in [0.717, 1.165) is 13.1 Å². The molecule has 0 aliphatic rings. The van der Waals surface area contributed by atoms with Crippen LogP contribution >= 0.6 is 7.92 Å². The van der Waals surface area contributed by atoms with Crippen LogP contribution in [-0.4, -0.2) is 24.4 Å². The highest BCUT2D eigenvalue weighted by atomic mass is 31.1. The second-order valence-electron chi connectivity index (χ2n) is 8.76. The molecule has 0 amide bonds. The molecule has 0 bridgehead atoms. The molecule has 3 aromatic rings. The summed E-state index contributed by atoms with van der Waals surface area (Å²) in [5.41, 5.74) is 1.56. The fraction of sp³-hybridized carbons (Fsp3) is 0.308. The van der Waals surface area contributed by atoms with Gasteiger partial charge in [-0.25, -0.2) is 0 Å². The molecule has 3 heteroatoms. The third-order valence-corrected chi connectivity index (χ3v) is 7.60. The molecule has 1 atom stereocenters. The Morgan fingerprint density at radius 3 is 1.66 bits per heavy atom. The van der Waals surface area contributed by atoms with Crippen molar-refractivity contribution in [3.05, 3.63) is 96.6 Å². The van der Waals surface area contributed by atoms with Crippen LogP contribution in [0.1, 0.15) is 26.3 Å². The van der Waals surface area contributed by atoms with Gasteiger partial charge in [0.25, 0.3) is 0 Å². The molecule has 29 heavy (non-hydrogen) atoms. The first-order valence-corrected chi connectivity index (χ1v) is 11.7. The lowest BCUT2D eigenvalue weighted by atomic mass is 9.97. The predicted octanol–water partition coefficient (Wildman–Crippen LogP) is 5.17. The van der Waals surface area contributed by atoms with E-state index in [4.69, 9.17) is 0 Å². The van der Waals surface area contributed by atoms with Crippen LogP contribution in [0.15, 0.2) is 91.0 Å². The Kier molecular flexibility index (Phi) is 7.61. The SMILES string of the molecule is CN(Cc1ccccc1)C(NCC(C)(C)C)P(c1ccccc1)c1ccccc1. The smallest absolute Gasteiger partial charge is 0.0884 e. The van der Waals surface area contributed by atoms with E-state index >= 15 is 0 Å². The first-order valence-electron chi connectivity index (χ1n) is 10.3. The second-order valence-corrected chi connectivity index (χ2v) is 11.0. The van der Waals surface area contributed by atoms with Gasteiger partial charge in [0.2, 0.25) is 0 Å². The van der Waals surface area contributed by atoms with Crippen molar-refractivity contribution in [3.8, 4) is 0 Å². The largest absolute Gasteiger partial charge is 0.297 e. The molecule has 2 nitrogen and oxygen atoms in total. The number of nitrogens with zero attached hydrogens (tertiary/aromatic N) is 1. The standard InChI is InChI=1S/C26H33N2P/c1-26(2,3)21-27-25(28(4)20-22-14-8-5-9-15-22)29(23-16-10-6-11-17-23)24-18-12-7-13-19-24/h5-19,25,27H,20-21H2,1-4H3. The Hall–Kier alpha value is -1.99. The van der Waals surface area contributed by atoms with E-state index in [1.165, 1.54) is 16.2 Å². The van der Waals surface area contributed by atoms with Crippen LogP contribution in [0.25, 0.3) is 0 Å². The Morgan fingerprint density at radius 2 is 1.21 bits per heavy atom. The topological polar surface area (TPSA) is 15.3 Å². The van der Waals surface area contributed by atoms with Crippen molar-refractivity contribution in [2.45, 2.75) is 33.2 Å². The average Bonchev–Trinajstić information content (AvgIpc) is 2.72. The molecule has 0 aromatic heterocycles. The Labute approximate surface area is 177 Å². The molecule has 1 unspecified atom stereocenters. The summed E-state index contributed by atoms with van der Waals surface area (Å²) in [4.78, 5) is 2.48. The molecule has 1 N–H and O–H groups in total. The van der Waals surface area contributed by atoms with E-state index in [2.05, 4.69) is 129 Å². The van der Waals surface area contributed by atoms with Gasteiger partial charge in [-0.05, 0) is 36.6 Å². The molecule has 3 rings (SSSR count). The first kappa shape index (κ1) is 21.7. The van der Waals surface area contributed by atoms with Crippen LogP contribution < -0.4 is 15.9 Å². The van der Waals surface area contributed by atoms with Gasteiger partial charge in [-0.15, -0.1) is 0 Å². The van der Waals surface area contributed by atoms with Crippen LogP contribution in [0, 0.1) is 5.41 Å². The maximum absolute atomic E-state index is 3.93. The van der Waals surface area contributed by atoms with Crippen LogP contribution in [0.4, 0.5) is 0 Å². The third-order valence-electron chi connectivity index (χ3n) is 4.82. The highest BCUT2D eigenvalue weighted by Gasteiger charge is 2.29. The monoisotopic (exact) mass is 404 g/mol. The summed E-state index contributed by atoms with van der Waals surface area (Å²) in [6, 6.07) is 32.7. The molecular formula is C26H33N2P. The molecule has 0 fully saturated rings. The van der Waals surface area contributed by atoms with E-state index in [9.17, 15) is 0 Å². The van der Waals surface area contributed by atoms with Gasteiger partial charge in [-0.3, -0.25) is 10.2 Å². The van der Waals surface area contributed by atoms with Gasteiger partial charge in [0.1, 0.15) is 0 Å². The Morgan fingerprint density at radius 1 is 0.759 bits per heavy atom. The lowest BCUT2D eigenvalue weighted by Crippen LogP contribution is -2.47. The van der Waals surface area contributed by atoms with Crippen molar-refractivity contribution in [1.82, 2.24) is 10.2 Å². The van der Waals surface area contributed by atoms with E-state index < -0.39 is 7.92 Å². The highest BCUT2D eigenvalue weighted by Crippen LogP contribution is 2.40. The molecule has 3 aromatic carbocycles. The fourth-order valence-electron chi connectivity index (χ4n) is 3.41. The summed E-state index contributed by atoms with van der Waals surface area (Å²) < 4.78 is 0. The van der Waals surface area contributed by atoms with E-state index in [1.54, 1.807) is 0 Å². The zero-order valence-electron chi connectivity index (χ0n) is 18.0. The Balaban J connectivity index is 1.97. The number of rotatable bonds is 8. The minimum Gasteiger partial charge on any atom is -0.297 e. The van der Waals surface area contributed by atoms with Crippen LogP contribution in [0.2, 0.25) is 0 Å². The van der Waals surface area contributed by atoms with Crippen molar-refractivity contribution in [1.29, 1.82) is 0 Å². The van der Waals surface area contributed by atoms with E-state index in [0.29, 0.717) is 0 Å². The quantitative estimate of drug-likeness (QED) is 0.412. The molecule has 0 saturated heterocycles. The maximum atomic E-state index is 3.93. The van der Waals surface area contributed by atoms with Gasteiger partial charge in [0.15, 0.2) is 0 Å². The van der Waals surface area contributed by atoms with Crippen molar-refractivity contribution < 1.29 is 0 Å². The molecule has 0 spiro atoms.